The monoisotopic (exact) mass is 258 g/mol. The number of aryl methyl sites for hydroxylation is 1. The van der Waals surface area contributed by atoms with Crippen molar-refractivity contribution in [3.05, 3.63) is 47.0 Å². The van der Waals surface area contributed by atoms with Gasteiger partial charge in [-0.05, 0) is 31.4 Å². The average Bonchev–Trinajstić information content (AvgIpc) is 2.67. The lowest BCUT2D eigenvalue weighted by molar-refractivity contribution is 0.0952. The second-order valence-corrected chi connectivity index (χ2v) is 5.21. The number of ketones is 1. The lowest BCUT2D eigenvalue weighted by Crippen LogP contribution is -2.20. The van der Waals surface area contributed by atoms with Crippen LogP contribution in [-0.4, -0.2) is 15.6 Å². The van der Waals surface area contributed by atoms with Crippen LogP contribution >= 0.6 is 0 Å². The van der Waals surface area contributed by atoms with Crippen LogP contribution in [0, 0.1) is 18.7 Å². The van der Waals surface area contributed by atoms with E-state index in [4.69, 9.17) is 0 Å². The Labute approximate surface area is 111 Å². The number of benzene rings is 1. The first-order chi connectivity index (χ1) is 9.08. The number of halogens is 1. The molecule has 0 unspecified atom stereocenters. The molecule has 0 N–H and O–H groups in total. The Kier molecular flexibility index (Phi) is 2.73. The normalized spacial score (nSPS) is 18.5. The SMILES string of the molecule is Cc1nn(-c2ccccc2F)c2c1C(=O)C[C@@H](C)C2. The van der Waals surface area contributed by atoms with Crippen molar-refractivity contribution in [3.63, 3.8) is 0 Å². The molecule has 3 rings (SSSR count). The van der Waals surface area contributed by atoms with E-state index in [0.29, 0.717) is 23.4 Å². The van der Waals surface area contributed by atoms with Gasteiger partial charge in [0.1, 0.15) is 11.5 Å². The molecule has 1 aromatic carbocycles. The van der Waals surface area contributed by atoms with Gasteiger partial charge in [0.05, 0.1) is 17.0 Å². The van der Waals surface area contributed by atoms with E-state index in [-0.39, 0.29) is 17.5 Å². The van der Waals surface area contributed by atoms with Crippen LogP contribution < -0.4 is 0 Å². The maximum atomic E-state index is 13.9. The number of Topliss-reactive ketones (excluding diaryl/α,β-unsaturated/α-hetero) is 1. The number of nitrogens with zero attached hydrogens (tertiary/aromatic N) is 2. The van der Waals surface area contributed by atoms with E-state index in [2.05, 4.69) is 5.10 Å². The summed E-state index contributed by atoms with van der Waals surface area (Å²) in [6.07, 6.45) is 1.31. The van der Waals surface area contributed by atoms with Gasteiger partial charge in [-0.25, -0.2) is 9.07 Å². The molecule has 0 saturated heterocycles. The fourth-order valence-electron chi connectivity index (χ4n) is 2.77. The van der Waals surface area contributed by atoms with E-state index >= 15 is 0 Å². The van der Waals surface area contributed by atoms with Crippen molar-refractivity contribution < 1.29 is 9.18 Å². The lowest BCUT2D eigenvalue weighted by Gasteiger charge is -2.19. The van der Waals surface area contributed by atoms with Gasteiger partial charge in [0, 0.05) is 6.42 Å². The summed E-state index contributed by atoms with van der Waals surface area (Å²) in [6, 6.07) is 6.52. The summed E-state index contributed by atoms with van der Waals surface area (Å²) < 4.78 is 15.5. The molecular weight excluding hydrogens is 243 g/mol. The maximum absolute atomic E-state index is 13.9. The number of fused-ring (bicyclic) bond motifs is 1. The smallest absolute Gasteiger partial charge is 0.166 e. The second kappa shape index (κ2) is 4.30. The molecule has 0 saturated carbocycles. The number of hydrogen-bond acceptors (Lipinski definition) is 2. The average molecular weight is 258 g/mol. The molecule has 0 amide bonds. The first kappa shape index (κ1) is 12.1. The number of para-hydroxylation sites is 1. The van der Waals surface area contributed by atoms with Gasteiger partial charge in [-0.3, -0.25) is 4.79 Å². The van der Waals surface area contributed by atoms with E-state index in [1.807, 2.05) is 13.8 Å². The third-order valence-electron chi connectivity index (χ3n) is 3.59. The van der Waals surface area contributed by atoms with Gasteiger partial charge in [0.15, 0.2) is 5.78 Å². The summed E-state index contributed by atoms with van der Waals surface area (Å²) in [5.41, 5.74) is 2.62. The molecule has 1 aliphatic rings. The van der Waals surface area contributed by atoms with Gasteiger partial charge in [-0.1, -0.05) is 19.1 Å². The molecule has 2 aromatic rings. The molecule has 0 aliphatic heterocycles. The summed E-state index contributed by atoms with van der Waals surface area (Å²) in [5, 5.41) is 4.36. The predicted molar refractivity (Wildman–Crippen MR) is 70.1 cm³/mol. The van der Waals surface area contributed by atoms with Gasteiger partial charge in [-0.2, -0.15) is 5.10 Å². The van der Waals surface area contributed by atoms with E-state index in [1.54, 1.807) is 22.9 Å². The maximum Gasteiger partial charge on any atom is 0.166 e. The Balaban J connectivity index is 2.22. The zero-order chi connectivity index (χ0) is 13.6. The second-order valence-electron chi connectivity index (χ2n) is 5.21. The van der Waals surface area contributed by atoms with Gasteiger partial charge in [0.25, 0.3) is 0 Å². The summed E-state index contributed by atoms with van der Waals surface area (Å²) in [4.78, 5) is 12.1. The fraction of sp³-hybridized carbons (Fsp3) is 0.333. The fourth-order valence-corrected chi connectivity index (χ4v) is 2.77. The number of aromatic nitrogens is 2. The van der Waals surface area contributed by atoms with Crippen molar-refractivity contribution >= 4 is 5.78 Å². The van der Waals surface area contributed by atoms with Crippen LogP contribution in [0.1, 0.15) is 35.1 Å². The highest BCUT2D eigenvalue weighted by Gasteiger charge is 2.29. The molecule has 0 radical (unpaired) electrons. The molecule has 0 bridgehead atoms. The molecule has 4 heteroatoms. The van der Waals surface area contributed by atoms with Crippen molar-refractivity contribution in [3.8, 4) is 5.69 Å². The number of carbonyl (C=O) groups excluding carboxylic acids is 1. The first-order valence-corrected chi connectivity index (χ1v) is 6.44. The van der Waals surface area contributed by atoms with E-state index in [9.17, 15) is 9.18 Å². The van der Waals surface area contributed by atoms with Crippen LogP contribution in [0.15, 0.2) is 24.3 Å². The first-order valence-electron chi connectivity index (χ1n) is 6.44. The van der Waals surface area contributed by atoms with Crippen LogP contribution in [-0.2, 0) is 6.42 Å². The third-order valence-corrected chi connectivity index (χ3v) is 3.59. The standard InChI is InChI=1S/C15H15FN2O/c1-9-7-13-15(14(19)8-9)10(2)17-18(13)12-6-4-3-5-11(12)16/h3-6,9H,7-8H2,1-2H3/t9-/m0/s1. The minimum absolute atomic E-state index is 0.119. The largest absolute Gasteiger partial charge is 0.294 e. The minimum atomic E-state index is -0.321. The van der Waals surface area contributed by atoms with Crippen molar-refractivity contribution in [2.24, 2.45) is 5.92 Å². The Morgan fingerprint density at radius 2 is 2.05 bits per heavy atom. The van der Waals surface area contributed by atoms with Gasteiger partial charge in [-0.15, -0.1) is 0 Å². The van der Waals surface area contributed by atoms with Crippen molar-refractivity contribution in [1.29, 1.82) is 0 Å². The molecular formula is C15H15FN2O. The molecule has 1 heterocycles. The predicted octanol–water partition coefficient (Wildman–Crippen LogP) is 3.08. The van der Waals surface area contributed by atoms with Crippen LogP contribution in [0.4, 0.5) is 4.39 Å². The minimum Gasteiger partial charge on any atom is -0.294 e. The molecule has 1 atom stereocenters. The topological polar surface area (TPSA) is 34.9 Å². The van der Waals surface area contributed by atoms with Crippen molar-refractivity contribution in [1.82, 2.24) is 9.78 Å². The number of rotatable bonds is 1. The highest BCUT2D eigenvalue weighted by atomic mass is 19.1. The van der Waals surface area contributed by atoms with Crippen molar-refractivity contribution in [2.45, 2.75) is 26.7 Å². The molecule has 1 aliphatic carbocycles. The Bertz CT molecular complexity index is 660. The summed E-state index contributed by atoms with van der Waals surface area (Å²) in [5.74, 6) is 0.0777. The molecule has 1 aromatic heterocycles. The van der Waals surface area contributed by atoms with E-state index in [1.165, 1.54) is 6.07 Å². The quantitative estimate of drug-likeness (QED) is 0.787. The molecule has 0 fully saturated rings. The molecule has 19 heavy (non-hydrogen) atoms. The van der Waals surface area contributed by atoms with E-state index < -0.39 is 0 Å². The van der Waals surface area contributed by atoms with E-state index in [0.717, 1.165) is 12.1 Å². The number of carbonyl (C=O) groups is 1. The lowest BCUT2D eigenvalue weighted by atomic mass is 9.87. The highest BCUT2D eigenvalue weighted by Crippen LogP contribution is 2.30. The summed E-state index contributed by atoms with van der Waals surface area (Å²) in [6.45, 7) is 3.85. The van der Waals surface area contributed by atoms with Crippen LogP contribution in [0.5, 0.6) is 0 Å². The summed E-state index contributed by atoms with van der Waals surface area (Å²) in [7, 11) is 0. The van der Waals surface area contributed by atoms with Crippen LogP contribution in [0.3, 0.4) is 0 Å². The molecule has 0 spiro atoms. The summed E-state index contributed by atoms with van der Waals surface area (Å²) >= 11 is 0. The number of hydrogen-bond donors (Lipinski definition) is 0. The zero-order valence-corrected chi connectivity index (χ0v) is 11.0. The van der Waals surface area contributed by atoms with Crippen molar-refractivity contribution in [2.75, 3.05) is 0 Å². The Hall–Kier alpha value is -1.97. The highest BCUT2D eigenvalue weighted by molar-refractivity contribution is 5.99. The van der Waals surface area contributed by atoms with Gasteiger partial charge < -0.3 is 0 Å². The van der Waals surface area contributed by atoms with Crippen LogP contribution in [0.25, 0.3) is 5.69 Å². The molecule has 3 nitrogen and oxygen atoms in total. The zero-order valence-electron chi connectivity index (χ0n) is 11.0. The Morgan fingerprint density at radius 1 is 1.32 bits per heavy atom. The van der Waals surface area contributed by atoms with Crippen LogP contribution in [0.2, 0.25) is 0 Å². The third kappa shape index (κ3) is 1.87. The Morgan fingerprint density at radius 3 is 2.79 bits per heavy atom. The van der Waals surface area contributed by atoms with Gasteiger partial charge >= 0.3 is 0 Å². The molecule has 98 valence electrons. The van der Waals surface area contributed by atoms with Gasteiger partial charge in [0.2, 0.25) is 0 Å².